The zero-order valence-corrected chi connectivity index (χ0v) is 14.2. The van der Waals surface area contributed by atoms with E-state index in [1.807, 2.05) is 24.3 Å². The van der Waals surface area contributed by atoms with Crippen molar-refractivity contribution in [3.8, 4) is 0 Å². The molecule has 134 valence electrons. The van der Waals surface area contributed by atoms with Gasteiger partial charge in [0.25, 0.3) is 5.91 Å². The van der Waals surface area contributed by atoms with Crippen molar-refractivity contribution in [1.82, 2.24) is 5.32 Å². The van der Waals surface area contributed by atoms with Gasteiger partial charge in [0.2, 0.25) is 9.84 Å². The molecule has 5 nitrogen and oxygen atoms in total. The number of halogens is 2. The van der Waals surface area contributed by atoms with E-state index in [2.05, 4.69) is 5.32 Å². The van der Waals surface area contributed by atoms with E-state index in [-0.39, 0.29) is 12.1 Å². The molecule has 0 aromatic heterocycles. The van der Waals surface area contributed by atoms with Crippen molar-refractivity contribution in [2.24, 2.45) is 0 Å². The van der Waals surface area contributed by atoms with Crippen molar-refractivity contribution in [2.75, 3.05) is 7.11 Å². The second kappa shape index (κ2) is 8.17. The van der Waals surface area contributed by atoms with E-state index >= 15 is 0 Å². The lowest BCUT2D eigenvalue weighted by Gasteiger charge is -2.10. The maximum Gasteiger partial charge on any atom is 0.341 e. The summed E-state index contributed by atoms with van der Waals surface area (Å²) in [4.78, 5) is 11.6. The molecule has 0 aliphatic heterocycles. The van der Waals surface area contributed by atoms with Crippen LogP contribution in [0.15, 0.2) is 53.4 Å². The highest BCUT2D eigenvalue weighted by molar-refractivity contribution is 7.91. The summed E-state index contributed by atoms with van der Waals surface area (Å²) < 4.78 is 52.8. The van der Waals surface area contributed by atoms with Crippen LogP contribution in [-0.4, -0.2) is 27.2 Å². The largest absolute Gasteiger partial charge is 0.380 e. The van der Waals surface area contributed by atoms with E-state index in [0.29, 0.717) is 6.61 Å². The third-order valence-corrected chi connectivity index (χ3v) is 4.94. The van der Waals surface area contributed by atoms with Gasteiger partial charge in [0.05, 0.1) is 11.5 Å². The van der Waals surface area contributed by atoms with E-state index in [4.69, 9.17) is 4.74 Å². The molecule has 2 rings (SSSR count). The van der Waals surface area contributed by atoms with Gasteiger partial charge in [0.1, 0.15) is 0 Å². The number of carbonyl (C=O) groups excluding carboxylic acids is 1. The van der Waals surface area contributed by atoms with Crippen molar-refractivity contribution >= 4 is 15.7 Å². The molecule has 1 amide bonds. The van der Waals surface area contributed by atoms with Crippen LogP contribution in [-0.2, 0) is 27.7 Å². The molecule has 0 bridgehead atoms. The number of rotatable bonds is 7. The second-order valence-electron chi connectivity index (χ2n) is 5.21. The first-order valence-corrected chi connectivity index (χ1v) is 8.87. The minimum Gasteiger partial charge on any atom is -0.380 e. The number of carbonyl (C=O) groups is 1. The summed E-state index contributed by atoms with van der Waals surface area (Å²) in [5, 5.41) is 2.70. The molecule has 2 aromatic carbocycles. The maximum atomic E-state index is 12.5. The van der Waals surface area contributed by atoms with E-state index in [0.717, 1.165) is 23.3 Å². The Morgan fingerprint density at radius 1 is 1.08 bits per heavy atom. The molecule has 0 atom stereocenters. The molecule has 0 heterocycles. The second-order valence-corrected chi connectivity index (χ2v) is 7.13. The fourth-order valence-electron chi connectivity index (χ4n) is 2.20. The number of hydrogen-bond acceptors (Lipinski definition) is 4. The Balaban J connectivity index is 2.07. The Morgan fingerprint density at radius 2 is 1.68 bits per heavy atom. The summed E-state index contributed by atoms with van der Waals surface area (Å²) in [5.74, 6) is -3.93. The van der Waals surface area contributed by atoms with Gasteiger partial charge in [-0.25, -0.2) is 8.42 Å². The van der Waals surface area contributed by atoms with Crippen LogP contribution in [0.1, 0.15) is 21.5 Å². The summed E-state index contributed by atoms with van der Waals surface area (Å²) in [5.41, 5.74) is 2.00. The van der Waals surface area contributed by atoms with Gasteiger partial charge in [-0.1, -0.05) is 24.3 Å². The molecular formula is C17H17F2NO4S. The molecule has 1 N–H and O–H groups in total. The number of benzene rings is 2. The van der Waals surface area contributed by atoms with Gasteiger partial charge in [-0.2, -0.15) is 8.78 Å². The summed E-state index contributed by atoms with van der Waals surface area (Å²) in [7, 11) is -3.09. The zero-order valence-electron chi connectivity index (χ0n) is 13.4. The maximum absolute atomic E-state index is 12.5. The van der Waals surface area contributed by atoms with Gasteiger partial charge in [-0.15, -0.1) is 0 Å². The zero-order chi connectivity index (χ0) is 18.4. The first-order valence-electron chi connectivity index (χ1n) is 7.32. The Hall–Kier alpha value is -2.32. The molecule has 2 aromatic rings. The number of methoxy groups -OCH3 is 1. The fourth-order valence-corrected chi connectivity index (χ4v) is 2.92. The molecule has 0 unspecified atom stereocenters. The summed E-state index contributed by atoms with van der Waals surface area (Å²) in [6, 6.07) is 11.8. The SMILES string of the molecule is COCc1ccccc1CNC(=O)c1ccc(S(=O)(=O)C(F)F)cc1. The Labute approximate surface area is 144 Å². The first kappa shape index (κ1) is 19.0. The fraction of sp³-hybridized carbons (Fsp3) is 0.235. The average molecular weight is 369 g/mol. The lowest BCUT2D eigenvalue weighted by molar-refractivity contribution is 0.0950. The Morgan fingerprint density at radius 3 is 2.24 bits per heavy atom. The minimum atomic E-state index is -4.67. The first-order chi connectivity index (χ1) is 11.9. The average Bonchev–Trinajstić information content (AvgIpc) is 2.61. The molecule has 0 radical (unpaired) electrons. The van der Waals surface area contributed by atoms with Gasteiger partial charge in [-0.3, -0.25) is 4.79 Å². The van der Waals surface area contributed by atoms with Crippen LogP contribution in [0.5, 0.6) is 0 Å². The third kappa shape index (κ3) is 4.61. The van der Waals surface area contributed by atoms with Gasteiger partial charge in [0, 0.05) is 19.2 Å². The standard InChI is InChI=1S/C17H17F2NO4S/c1-24-11-14-5-3-2-4-13(14)10-20-16(21)12-6-8-15(9-7-12)25(22,23)17(18)19/h2-9,17H,10-11H2,1H3,(H,20,21). The van der Waals surface area contributed by atoms with Crippen molar-refractivity contribution < 1.29 is 26.7 Å². The summed E-state index contributed by atoms with van der Waals surface area (Å²) in [6.45, 7) is 0.668. The van der Waals surface area contributed by atoms with Crippen LogP contribution in [0.25, 0.3) is 0 Å². The normalized spacial score (nSPS) is 11.5. The molecule has 8 heteroatoms. The van der Waals surface area contributed by atoms with Gasteiger partial charge >= 0.3 is 5.76 Å². The smallest absolute Gasteiger partial charge is 0.341 e. The van der Waals surface area contributed by atoms with Crippen LogP contribution in [0.3, 0.4) is 0 Å². The van der Waals surface area contributed by atoms with Gasteiger partial charge in [-0.05, 0) is 35.4 Å². The van der Waals surface area contributed by atoms with E-state index in [9.17, 15) is 22.0 Å². The lowest BCUT2D eigenvalue weighted by Crippen LogP contribution is -2.23. The van der Waals surface area contributed by atoms with Crippen molar-refractivity contribution in [1.29, 1.82) is 0 Å². The summed E-state index contributed by atoms with van der Waals surface area (Å²) in [6.07, 6.45) is 0. The van der Waals surface area contributed by atoms with E-state index in [1.165, 1.54) is 12.1 Å². The number of amides is 1. The molecule has 25 heavy (non-hydrogen) atoms. The molecular weight excluding hydrogens is 352 g/mol. The topological polar surface area (TPSA) is 72.5 Å². The van der Waals surface area contributed by atoms with Crippen LogP contribution in [0.4, 0.5) is 8.78 Å². The highest BCUT2D eigenvalue weighted by Gasteiger charge is 2.26. The Bertz CT molecular complexity index is 836. The number of sulfone groups is 1. The molecule has 0 spiro atoms. The van der Waals surface area contributed by atoms with Gasteiger partial charge in [0.15, 0.2) is 0 Å². The third-order valence-electron chi connectivity index (χ3n) is 3.54. The molecule has 0 aliphatic rings. The van der Waals surface area contributed by atoms with Crippen LogP contribution < -0.4 is 5.32 Å². The predicted octanol–water partition coefficient (Wildman–Crippen LogP) is 2.76. The molecule has 0 aliphatic carbocycles. The van der Waals surface area contributed by atoms with Gasteiger partial charge < -0.3 is 10.1 Å². The molecule has 0 saturated heterocycles. The number of alkyl halides is 2. The van der Waals surface area contributed by atoms with Crippen LogP contribution in [0.2, 0.25) is 0 Å². The number of ether oxygens (including phenoxy) is 1. The van der Waals surface area contributed by atoms with Crippen molar-refractivity contribution in [3.05, 3.63) is 65.2 Å². The minimum absolute atomic E-state index is 0.178. The van der Waals surface area contributed by atoms with Crippen LogP contribution in [0, 0.1) is 0 Å². The van der Waals surface area contributed by atoms with E-state index in [1.54, 1.807) is 7.11 Å². The van der Waals surface area contributed by atoms with Crippen LogP contribution >= 0.6 is 0 Å². The lowest BCUT2D eigenvalue weighted by atomic mass is 10.1. The monoisotopic (exact) mass is 369 g/mol. The highest BCUT2D eigenvalue weighted by Crippen LogP contribution is 2.18. The van der Waals surface area contributed by atoms with Crippen molar-refractivity contribution in [2.45, 2.75) is 23.8 Å². The number of nitrogens with one attached hydrogen (secondary N) is 1. The van der Waals surface area contributed by atoms with E-state index < -0.39 is 26.4 Å². The molecule has 0 saturated carbocycles. The molecule has 0 fully saturated rings. The summed E-state index contributed by atoms with van der Waals surface area (Å²) >= 11 is 0. The predicted molar refractivity (Wildman–Crippen MR) is 88.0 cm³/mol. The number of hydrogen-bond donors (Lipinski definition) is 1. The Kier molecular flexibility index (Phi) is 6.22. The quantitative estimate of drug-likeness (QED) is 0.815. The highest BCUT2D eigenvalue weighted by atomic mass is 32.2. The van der Waals surface area contributed by atoms with Crippen molar-refractivity contribution in [3.63, 3.8) is 0 Å².